The maximum absolute atomic E-state index is 12.9. The molecule has 2 aromatic heterocycles. The fourth-order valence-corrected chi connectivity index (χ4v) is 3.42. The van der Waals surface area contributed by atoms with E-state index in [9.17, 15) is 14.4 Å². The van der Waals surface area contributed by atoms with Crippen LogP contribution in [0.5, 0.6) is 11.5 Å². The van der Waals surface area contributed by atoms with Crippen molar-refractivity contribution in [3.8, 4) is 17.2 Å². The van der Waals surface area contributed by atoms with E-state index < -0.39 is 5.91 Å². The summed E-state index contributed by atoms with van der Waals surface area (Å²) in [5.74, 6) is 0.255. The minimum absolute atomic E-state index is 0.144. The van der Waals surface area contributed by atoms with Crippen molar-refractivity contribution in [2.24, 2.45) is 0 Å². The molecule has 0 aliphatic carbocycles. The number of benzene rings is 2. The van der Waals surface area contributed by atoms with Crippen molar-refractivity contribution in [2.75, 3.05) is 11.9 Å². The molecule has 9 nitrogen and oxygen atoms in total. The van der Waals surface area contributed by atoms with Crippen LogP contribution in [0.1, 0.15) is 39.0 Å². The summed E-state index contributed by atoms with van der Waals surface area (Å²) < 4.78 is 7.02. The summed E-state index contributed by atoms with van der Waals surface area (Å²) >= 11 is 0. The van der Waals surface area contributed by atoms with Crippen LogP contribution in [0.3, 0.4) is 0 Å². The van der Waals surface area contributed by atoms with E-state index in [1.54, 1.807) is 55.5 Å². The summed E-state index contributed by atoms with van der Waals surface area (Å²) in [6, 6.07) is 18.7. The van der Waals surface area contributed by atoms with Crippen molar-refractivity contribution in [2.45, 2.75) is 20.8 Å². The monoisotopic (exact) mass is 483 g/mol. The third-order valence-corrected chi connectivity index (χ3v) is 5.27. The second-order valence-corrected chi connectivity index (χ2v) is 8.08. The van der Waals surface area contributed by atoms with Gasteiger partial charge in [0.1, 0.15) is 17.2 Å². The second-order valence-electron chi connectivity index (χ2n) is 8.08. The van der Waals surface area contributed by atoms with E-state index in [1.165, 1.54) is 16.9 Å². The maximum Gasteiger partial charge on any atom is 0.276 e. The van der Waals surface area contributed by atoms with Gasteiger partial charge in [-0.1, -0.05) is 17.7 Å². The summed E-state index contributed by atoms with van der Waals surface area (Å²) in [4.78, 5) is 41.4. The normalized spacial score (nSPS) is 10.5. The molecule has 0 bridgehead atoms. The van der Waals surface area contributed by atoms with E-state index in [1.807, 2.05) is 26.0 Å². The lowest BCUT2D eigenvalue weighted by Gasteiger charge is -2.11. The van der Waals surface area contributed by atoms with Crippen LogP contribution < -0.4 is 20.9 Å². The number of ether oxygens (including phenoxy) is 1. The zero-order valence-electron chi connectivity index (χ0n) is 20.1. The fourth-order valence-electron chi connectivity index (χ4n) is 3.42. The molecule has 0 saturated carbocycles. The molecular formula is C27H25N5O4. The third-order valence-electron chi connectivity index (χ3n) is 5.27. The molecule has 0 radical (unpaired) electrons. The molecule has 2 heterocycles. The Morgan fingerprint density at radius 1 is 0.917 bits per heavy atom. The van der Waals surface area contributed by atoms with Gasteiger partial charge < -0.3 is 15.4 Å². The molecular weight excluding hydrogens is 458 g/mol. The van der Waals surface area contributed by atoms with E-state index in [4.69, 9.17) is 4.74 Å². The third kappa shape index (κ3) is 5.64. The number of pyridine rings is 1. The van der Waals surface area contributed by atoms with Gasteiger partial charge in [0.05, 0.1) is 5.69 Å². The number of aryl methyl sites for hydroxylation is 2. The van der Waals surface area contributed by atoms with Gasteiger partial charge in [-0.2, -0.15) is 9.78 Å². The first kappa shape index (κ1) is 24.3. The molecule has 2 N–H and O–H groups in total. The van der Waals surface area contributed by atoms with Crippen LogP contribution in [0.4, 0.5) is 5.69 Å². The first-order valence-electron chi connectivity index (χ1n) is 11.4. The average Bonchev–Trinajstić information content (AvgIpc) is 2.86. The zero-order valence-corrected chi connectivity index (χ0v) is 20.1. The summed E-state index contributed by atoms with van der Waals surface area (Å²) in [6.07, 6.45) is 1.50. The number of aromatic nitrogens is 3. The highest BCUT2D eigenvalue weighted by Crippen LogP contribution is 2.23. The van der Waals surface area contributed by atoms with Crippen LogP contribution in [-0.2, 0) is 0 Å². The number of nitrogens with one attached hydrogen (secondary N) is 2. The van der Waals surface area contributed by atoms with Gasteiger partial charge in [-0.05, 0) is 68.8 Å². The van der Waals surface area contributed by atoms with Crippen LogP contribution in [0.25, 0.3) is 5.69 Å². The summed E-state index contributed by atoms with van der Waals surface area (Å²) in [7, 11) is 0. The van der Waals surface area contributed by atoms with Crippen LogP contribution in [0.15, 0.2) is 77.7 Å². The molecule has 0 atom stereocenters. The molecule has 9 heteroatoms. The van der Waals surface area contributed by atoms with Gasteiger partial charge in [-0.15, -0.1) is 0 Å². The fraction of sp³-hybridized carbons (Fsp3) is 0.148. The number of amides is 2. The standard InChI is InChI=1S/C27H25N5O4/c1-4-28-26(34)23-16-22(13-14-29-23)36-21-11-7-19(8-12-21)30-27(35)25-18(3)15-24(33)32(31-25)20-9-5-17(2)6-10-20/h5-16H,4H2,1-3H3,(H,28,34)(H,30,35). The lowest BCUT2D eigenvalue weighted by atomic mass is 10.2. The molecule has 2 aromatic carbocycles. The van der Waals surface area contributed by atoms with E-state index in [0.29, 0.717) is 35.0 Å². The Bertz CT molecular complexity index is 1460. The Balaban J connectivity index is 1.48. The topological polar surface area (TPSA) is 115 Å². The number of carbonyl (C=O) groups is 2. The summed E-state index contributed by atoms with van der Waals surface area (Å²) in [5, 5.41) is 9.80. The van der Waals surface area contributed by atoms with Crippen LogP contribution in [-0.4, -0.2) is 33.1 Å². The van der Waals surface area contributed by atoms with Gasteiger partial charge in [0.15, 0.2) is 5.69 Å². The van der Waals surface area contributed by atoms with Gasteiger partial charge in [0.2, 0.25) is 0 Å². The second kappa shape index (κ2) is 10.6. The molecule has 0 aliphatic heterocycles. The van der Waals surface area contributed by atoms with Gasteiger partial charge >= 0.3 is 0 Å². The van der Waals surface area contributed by atoms with Crippen LogP contribution >= 0.6 is 0 Å². The highest BCUT2D eigenvalue weighted by Gasteiger charge is 2.15. The molecule has 0 saturated heterocycles. The van der Waals surface area contributed by atoms with Crippen molar-refractivity contribution >= 4 is 17.5 Å². The molecule has 4 rings (SSSR count). The molecule has 2 amide bonds. The number of nitrogens with zero attached hydrogens (tertiary/aromatic N) is 3. The van der Waals surface area contributed by atoms with Crippen molar-refractivity contribution in [1.29, 1.82) is 0 Å². The Labute approximate surface area is 207 Å². The quantitative estimate of drug-likeness (QED) is 0.410. The molecule has 0 aliphatic rings. The van der Waals surface area contributed by atoms with Gasteiger partial charge in [0, 0.05) is 30.6 Å². The summed E-state index contributed by atoms with van der Waals surface area (Å²) in [6.45, 7) is 5.95. The Hall–Kier alpha value is -4.79. The SMILES string of the molecule is CCNC(=O)c1cc(Oc2ccc(NC(=O)c3nn(-c4ccc(C)cc4)c(=O)cc3C)cc2)ccn1. The lowest BCUT2D eigenvalue weighted by Crippen LogP contribution is -2.26. The molecule has 0 fully saturated rings. The number of carbonyl (C=O) groups excluding carboxylic acids is 2. The van der Waals surface area contributed by atoms with Gasteiger partial charge in [-0.3, -0.25) is 19.4 Å². The van der Waals surface area contributed by atoms with Crippen LogP contribution in [0, 0.1) is 13.8 Å². The number of hydrogen-bond acceptors (Lipinski definition) is 6. The van der Waals surface area contributed by atoms with E-state index in [2.05, 4.69) is 20.7 Å². The zero-order chi connectivity index (χ0) is 25.7. The first-order valence-corrected chi connectivity index (χ1v) is 11.4. The van der Waals surface area contributed by atoms with Crippen molar-refractivity contribution < 1.29 is 14.3 Å². The number of anilines is 1. The first-order chi connectivity index (χ1) is 17.3. The van der Waals surface area contributed by atoms with Gasteiger partial charge in [0.25, 0.3) is 17.4 Å². The smallest absolute Gasteiger partial charge is 0.276 e. The number of rotatable bonds is 7. The average molecular weight is 484 g/mol. The highest BCUT2D eigenvalue weighted by molar-refractivity contribution is 6.03. The predicted molar refractivity (Wildman–Crippen MR) is 136 cm³/mol. The molecule has 182 valence electrons. The van der Waals surface area contributed by atoms with E-state index in [-0.39, 0.29) is 22.9 Å². The van der Waals surface area contributed by atoms with E-state index in [0.717, 1.165) is 5.56 Å². The Kier molecular flexibility index (Phi) is 7.20. The molecule has 0 unspecified atom stereocenters. The minimum Gasteiger partial charge on any atom is -0.457 e. The summed E-state index contributed by atoms with van der Waals surface area (Å²) in [5.41, 5.74) is 2.71. The van der Waals surface area contributed by atoms with E-state index >= 15 is 0 Å². The minimum atomic E-state index is -0.442. The molecule has 4 aromatic rings. The maximum atomic E-state index is 12.9. The molecule has 0 spiro atoms. The van der Waals surface area contributed by atoms with Gasteiger partial charge in [-0.25, -0.2) is 0 Å². The largest absolute Gasteiger partial charge is 0.457 e. The highest BCUT2D eigenvalue weighted by atomic mass is 16.5. The molecule has 36 heavy (non-hydrogen) atoms. The predicted octanol–water partition coefficient (Wildman–Crippen LogP) is 4.04. The Morgan fingerprint density at radius 3 is 2.33 bits per heavy atom. The van der Waals surface area contributed by atoms with Crippen molar-refractivity contribution in [3.63, 3.8) is 0 Å². The van der Waals surface area contributed by atoms with Crippen molar-refractivity contribution in [1.82, 2.24) is 20.1 Å². The lowest BCUT2D eigenvalue weighted by molar-refractivity contribution is 0.0949. The Morgan fingerprint density at radius 2 is 1.64 bits per heavy atom. The van der Waals surface area contributed by atoms with Crippen LogP contribution in [0.2, 0.25) is 0 Å². The number of hydrogen-bond donors (Lipinski definition) is 2. The van der Waals surface area contributed by atoms with Crippen molar-refractivity contribution in [3.05, 3.63) is 106 Å².